The summed E-state index contributed by atoms with van der Waals surface area (Å²) in [7, 11) is -0.725. The van der Waals surface area contributed by atoms with Gasteiger partial charge < -0.3 is 8.85 Å². The molecule has 4 heteroatoms. The lowest BCUT2D eigenvalue weighted by atomic mass is 9.98. The van der Waals surface area contributed by atoms with E-state index in [-0.39, 0.29) is 19.5 Å². The predicted molar refractivity (Wildman–Crippen MR) is 124 cm³/mol. The van der Waals surface area contributed by atoms with Gasteiger partial charge in [0.2, 0.25) is 0 Å². The molecule has 0 aliphatic heterocycles. The van der Waals surface area contributed by atoms with Gasteiger partial charge in [-0.2, -0.15) is 0 Å². The zero-order chi connectivity index (χ0) is 19.9. The Morgan fingerprint density at radius 1 is 0.538 bits per heavy atom. The Hall–Kier alpha value is 0.354. The summed E-state index contributed by atoms with van der Waals surface area (Å²) in [5, 5.41) is 0. The summed E-state index contributed by atoms with van der Waals surface area (Å²) in [6.45, 7) is 18.5. The average Bonchev–Trinajstić information content (AvgIpc) is 2.53. The van der Waals surface area contributed by atoms with Crippen LogP contribution < -0.4 is 0 Å². The van der Waals surface area contributed by atoms with Crippen molar-refractivity contribution in [2.24, 2.45) is 23.7 Å². The molecule has 2 nitrogen and oxygen atoms in total. The first-order valence-corrected chi connectivity index (χ1v) is 14.6. The number of hydrogen-bond acceptors (Lipinski definition) is 2. The first kappa shape index (κ1) is 26.4. The largest absolute Gasteiger partial charge is 0.421 e. The van der Waals surface area contributed by atoms with Crippen molar-refractivity contribution in [3.05, 3.63) is 0 Å². The maximum Gasteiger partial charge on any atom is 0.161 e. The predicted octanol–water partition coefficient (Wildman–Crippen LogP) is 5.73. The first-order chi connectivity index (χ1) is 12.2. The maximum absolute atomic E-state index is 6.34. The van der Waals surface area contributed by atoms with Crippen LogP contribution in [-0.4, -0.2) is 31.7 Å². The van der Waals surface area contributed by atoms with Crippen LogP contribution in [0, 0.1) is 23.7 Å². The Labute approximate surface area is 170 Å². The minimum absolute atomic E-state index is 0.362. The number of hydrogen-bond donors (Lipinski definition) is 0. The van der Waals surface area contributed by atoms with E-state index in [1.807, 2.05) is 0 Å². The SMILES string of the molecule is CC(C)CCCC(O[SiH2]CC[SiH2]OC(CCCC(C)C)C(C)C)C(C)C. The summed E-state index contributed by atoms with van der Waals surface area (Å²) in [6.07, 6.45) is 8.82. The fourth-order valence-corrected chi connectivity index (χ4v) is 7.02. The van der Waals surface area contributed by atoms with Crippen molar-refractivity contribution >= 4 is 19.5 Å². The zero-order valence-electron chi connectivity index (χ0n) is 19.4. The van der Waals surface area contributed by atoms with Crippen LogP contribution in [0.1, 0.15) is 93.9 Å². The highest BCUT2D eigenvalue weighted by Crippen LogP contribution is 2.18. The van der Waals surface area contributed by atoms with Crippen molar-refractivity contribution in [1.29, 1.82) is 0 Å². The Morgan fingerprint density at radius 3 is 1.15 bits per heavy atom. The van der Waals surface area contributed by atoms with Crippen LogP contribution in [-0.2, 0) is 8.85 Å². The summed E-state index contributed by atoms with van der Waals surface area (Å²) in [5.74, 6) is 2.96. The van der Waals surface area contributed by atoms with Gasteiger partial charge in [-0.1, -0.05) is 81.1 Å². The van der Waals surface area contributed by atoms with Gasteiger partial charge in [0.1, 0.15) is 0 Å². The van der Waals surface area contributed by atoms with Crippen molar-refractivity contribution in [1.82, 2.24) is 0 Å². The third kappa shape index (κ3) is 15.4. The van der Waals surface area contributed by atoms with Crippen LogP contribution in [0.25, 0.3) is 0 Å². The van der Waals surface area contributed by atoms with Crippen LogP contribution in [0.4, 0.5) is 0 Å². The van der Waals surface area contributed by atoms with Crippen molar-refractivity contribution in [3.8, 4) is 0 Å². The molecule has 26 heavy (non-hydrogen) atoms. The van der Waals surface area contributed by atoms with Crippen molar-refractivity contribution in [3.63, 3.8) is 0 Å². The molecule has 0 radical (unpaired) electrons. The molecule has 0 heterocycles. The highest BCUT2D eigenvalue weighted by molar-refractivity contribution is 6.34. The lowest BCUT2D eigenvalue weighted by Crippen LogP contribution is -2.23. The average molecular weight is 403 g/mol. The van der Waals surface area contributed by atoms with Crippen LogP contribution in [0.5, 0.6) is 0 Å². The maximum atomic E-state index is 6.34. The summed E-state index contributed by atoms with van der Waals surface area (Å²) in [6, 6.07) is 2.63. The molecule has 2 unspecified atom stereocenters. The summed E-state index contributed by atoms with van der Waals surface area (Å²) in [4.78, 5) is 0. The Morgan fingerprint density at radius 2 is 0.885 bits per heavy atom. The molecule has 0 N–H and O–H groups in total. The third-order valence-corrected chi connectivity index (χ3v) is 9.13. The topological polar surface area (TPSA) is 18.5 Å². The smallest absolute Gasteiger partial charge is 0.161 e. The minimum Gasteiger partial charge on any atom is -0.421 e. The summed E-state index contributed by atoms with van der Waals surface area (Å²) >= 11 is 0. The van der Waals surface area contributed by atoms with Gasteiger partial charge in [-0.05, 0) is 48.6 Å². The molecule has 158 valence electrons. The number of rotatable bonds is 17. The van der Waals surface area contributed by atoms with Crippen molar-refractivity contribution in [2.75, 3.05) is 0 Å². The van der Waals surface area contributed by atoms with E-state index in [4.69, 9.17) is 8.85 Å². The Kier molecular flexibility index (Phi) is 16.5. The van der Waals surface area contributed by atoms with Gasteiger partial charge in [0.05, 0.1) is 0 Å². The molecule has 2 atom stereocenters. The van der Waals surface area contributed by atoms with E-state index in [2.05, 4.69) is 55.4 Å². The molecule has 0 amide bonds. The summed E-state index contributed by atoms with van der Waals surface area (Å²) < 4.78 is 12.7. The van der Waals surface area contributed by atoms with Gasteiger partial charge in [-0.3, -0.25) is 0 Å². The molecule has 0 aliphatic carbocycles. The fourth-order valence-electron chi connectivity index (χ4n) is 3.35. The second-order valence-electron chi connectivity index (χ2n) is 9.66. The van der Waals surface area contributed by atoms with E-state index in [9.17, 15) is 0 Å². The van der Waals surface area contributed by atoms with Crippen LogP contribution in [0.15, 0.2) is 0 Å². The Bertz CT molecular complexity index is 277. The fraction of sp³-hybridized carbons (Fsp3) is 1.00. The second-order valence-corrected chi connectivity index (χ2v) is 12.6. The monoisotopic (exact) mass is 402 g/mol. The van der Waals surface area contributed by atoms with Gasteiger partial charge in [0.15, 0.2) is 19.5 Å². The molecule has 0 aromatic heterocycles. The molecule has 0 spiro atoms. The molecule has 0 aromatic rings. The minimum atomic E-state index is -0.362. The highest BCUT2D eigenvalue weighted by atomic mass is 28.2. The molecule has 0 saturated heterocycles. The van der Waals surface area contributed by atoms with Gasteiger partial charge in [0, 0.05) is 12.2 Å². The highest BCUT2D eigenvalue weighted by Gasteiger charge is 2.15. The standard InChI is InChI=1S/C22H50O2Si2/c1-17(2)11-9-13-21(19(5)6)23-25-15-16-26-24-22(20(7)8)14-10-12-18(3)4/h17-22H,9-16,25-26H2,1-8H3. The lowest BCUT2D eigenvalue weighted by molar-refractivity contribution is 0.140. The molecular weight excluding hydrogens is 352 g/mol. The molecule has 0 rings (SSSR count). The van der Waals surface area contributed by atoms with Crippen LogP contribution in [0.3, 0.4) is 0 Å². The first-order valence-electron chi connectivity index (χ1n) is 11.5. The molecule has 0 saturated carbocycles. The van der Waals surface area contributed by atoms with Gasteiger partial charge in [-0.25, -0.2) is 0 Å². The third-order valence-electron chi connectivity index (χ3n) is 5.23. The van der Waals surface area contributed by atoms with Gasteiger partial charge in [-0.15, -0.1) is 0 Å². The Balaban J connectivity index is 3.86. The molecule has 0 aromatic carbocycles. The van der Waals surface area contributed by atoms with Gasteiger partial charge in [0.25, 0.3) is 0 Å². The van der Waals surface area contributed by atoms with Crippen LogP contribution >= 0.6 is 0 Å². The van der Waals surface area contributed by atoms with Crippen molar-refractivity contribution < 1.29 is 8.85 Å². The molecule has 0 bridgehead atoms. The normalized spacial score (nSPS) is 15.7. The van der Waals surface area contributed by atoms with Crippen molar-refractivity contribution in [2.45, 2.75) is 118 Å². The lowest BCUT2D eigenvalue weighted by Gasteiger charge is -2.23. The van der Waals surface area contributed by atoms with Crippen LogP contribution in [0.2, 0.25) is 12.1 Å². The van der Waals surface area contributed by atoms with E-state index < -0.39 is 0 Å². The van der Waals surface area contributed by atoms with E-state index in [1.165, 1.54) is 50.6 Å². The molecule has 0 aliphatic rings. The zero-order valence-corrected chi connectivity index (χ0v) is 22.2. The molecule has 0 fully saturated rings. The second kappa shape index (κ2) is 16.3. The molecular formula is C22H50O2Si2. The van der Waals surface area contributed by atoms with E-state index in [1.54, 1.807) is 0 Å². The van der Waals surface area contributed by atoms with Gasteiger partial charge >= 0.3 is 0 Å². The van der Waals surface area contributed by atoms with E-state index in [0.29, 0.717) is 24.0 Å². The van der Waals surface area contributed by atoms with E-state index in [0.717, 1.165) is 11.8 Å². The quantitative estimate of drug-likeness (QED) is 0.229. The van der Waals surface area contributed by atoms with E-state index >= 15 is 0 Å². The summed E-state index contributed by atoms with van der Waals surface area (Å²) in [5.41, 5.74) is 0.